The minimum atomic E-state index is -0.872. The minimum absolute atomic E-state index is 0. The van der Waals surface area contributed by atoms with Crippen LogP contribution in [-0.4, -0.2) is 58.4 Å². The quantitative estimate of drug-likeness (QED) is 0.116. The molecule has 13 heteroatoms. The van der Waals surface area contributed by atoms with Crippen molar-refractivity contribution in [2.24, 2.45) is 0 Å². The number of anilines is 1. The average molecular weight is 637 g/mol. The molecule has 1 aromatic heterocycles. The van der Waals surface area contributed by atoms with Gasteiger partial charge in [-0.1, -0.05) is 6.07 Å². The Hall–Kier alpha value is -3.75. The van der Waals surface area contributed by atoms with Crippen LogP contribution in [0.4, 0.5) is 10.5 Å². The molecule has 4 amide bonds. The lowest BCUT2D eigenvalue weighted by molar-refractivity contribution is -0.727. The highest BCUT2D eigenvalue weighted by Gasteiger charge is 2.43. The van der Waals surface area contributed by atoms with E-state index >= 15 is 0 Å². The zero-order valence-electron chi connectivity index (χ0n) is 20.9. The van der Waals surface area contributed by atoms with Gasteiger partial charge in [0.2, 0.25) is 5.91 Å². The number of esters is 1. The normalized spacial score (nSPS) is 16.7. The molecule has 2 aromatic rings. The molecule has 1 unspecified atom stereocenters. The first-order valence-electron chi connectivity index (χ1n) is 11.8. The molecule has 0 radical (unpaired) electrons. The summed E-state index contributed by atoms with van der Waals surface area (Å²) in [5, 5.41) is 2.58. The molecule has 0 spiro atoms. The summed E-state index contributed by atoms with van der Waals surface area (Å²) in [5.74, 6) is -2.21. The van der Waals surface area contributed by atoms with Gasteiger partial charge in [0.1, 0.15) is 11.6 Å². The lowest BCUT2D eigenvalue weighted by Gasteiger charge is -2.34. The Morgan fingerprint density at radius 2 is 1.92 bits per heavy atom. The summed E-state index contributed by atoms with van der Waals surface area (Å²) in [7, 11) is 0. The predicted molar refractivity (Wildman–Crippen MR) is 127 cm³/mol. The highest BCUT2D eigenvalue weighted by molar-refractivity contribution is 6.06. The number of pyridine rings is 1. The second-order valence-electron chi connectivity index (χ2n) is 9.05. The van der Waals surface area contributed by atoms with Crippen LogP contribution in [0.3, 0.4) is 0 Å². The molecule has 2 aliphatic rings. The molecule has 1 saturated heterocycles. The van der Waals surface area contributed by atoms with E-state index < -0.39 is 36.6 Å². The molecule has 202 valence electrons. The number of alkyl carbamates (subject to hydrolysis) is 1. The van der Waals surface area contributed by atoms with Crippen molar-refractivity contribution in [3.8, 4) is 0 Å². The fourth-order valence-corrected chi connectivity index (χ4v) is 4.22. The topological polar surface area (TPSA) is 152 Å². The number of piperidine rings is 1. The van der Waals surface area contributed by atoms with Gasteiger partial charge >= 0.3 is 12.1 Å². The molecule has 1 atom stereocenters. The van der Waals surface area contributed by atoms with E-state index in [9.17, 15) is 24.0 Å². The van der Waals surface area contributed by atoms with Gasteiger partial charge < -0.3 is 49.4 Å². The standard InChI is InChI=1S/C25H27N5O7.HI/c1-15(2)27-25(35)37-13-28-10-4-5-16(11-28)24(34)36-14-30-21(31)9-8-20(23(30)33)29-12-18-17(22(29)32)6-3-7-19(18)26;/h3-7,10-11,15,20H,8-9,12-14,26H2,1-2H3;1H. The number of hydrogen-bond donors (Lipinski definition) is 2. The van der Waals surface area contributed by atoms with Crippen molar-refractivity contribution in [2.45, 2.75) is 52.0 Å². The van der Waals surface area contributed by atoms with Crippen LogP contribution >= 0.6 is 0 Å². The van der Waals surface area contributed by atoms with Gasteiger partial charge in [-0.05, 0) is 38.5 Å². The zero-order valence-corrected chi connectivity index (χ0v) is 23.0. The fraction of sp³-hybridized carbons (Fsp3) is 0.360. The number of carbonyl (C=O) groups is 5. The number of likely N-dealkylation sites (tertiary alicyclic amines) is 1. The SMILES string of the molecule is CC(C)NC(=O)OC[n+]1cccc(C(=O)OCN2C(=O)CCC(N3Cc4c(N)cccc4C3=O)C2=O)c1.[I-]. The Morgan fingerprint density at radius 1 is 1.16 bits per heavy atom. The second kappa shape index (κ2) is 12.2. The van der Waals surface area contributed by atoms with Gasteiger partial charge in [0.15, 0.2) is 19.1 Å². The number of fused-ring (bicyclic) bond motifs is 1. The van der Waals surface area contributed by atoms with Gasteiger partial charge in [-0.15, -0.1) is 0 Å². The maximum absolute atomic E-state index is 13.2. The summed E-state index contributed by atoms with van der Waals surface area (Å²) < 4.78 is 11.8. The molecule has 38 heavy (non-hydrogen) atoms. The maximum atomic E-state index is 13.2. The molecule has 2 aliphatic heterocycles. The average Bonchev–Trinajstić information content (AvgIpc) is 3.20. The van der Waals surface area contributed by atoms with Gasteiger partial charge in [0.05, 0.1) is 0 Å². The van der Waals surface area contributed by atoms with Crippen molar-refractivity contribution in [1.29, 1.82) is 0 Å². The van der Waals surface area contributed by atoms with Crippen LogP contribution in [0.1, 0.15) is 53.0 Å². The Labute approximate surface area is 236 Å². The van der Waals surface area contributed by atoms with E-state index in [0.29, 0.717) is 16.8 Å². The van der Waals surface area contributed by atoms with Crippen LogP contribution in [0.2, 0.25) is 0 Å². The van der Waals surface area contributed by atoms with Gasteiger partial charge in [-0.2, -0.15) is 4.57 Å². The van der Waals surface area contributed by atoms with Gasteiger partial charge in [-0.3, -0.25) is 14.4 Å². The second-order valence-corrected chi connectivity index (χ2v) is 9.05. The Kier molecular flexibility index (Phi) is 9.25. The van der Waals surface area contributed by atoms with Crippen LogP contribution in [0.15, 0.2) is 42.7 Å². The Morgan fingerprint density at radius 3 is 2.63 bits per heavy atom. The molecular weight excluding hydrogens is 609 g/mol. The van der Waals surface area contributed by atoms with E-state index in [1.807, 2.05) is 0 Å². The molecule has 3 heterocycles. The molecule has 4 rings (SSSR count). The summed E-state index contributed by atoms with van der Waals surface area (Å²) >= 11 is 0. The van der Waals surface area contributed by atoms with Crippen LogP contribution < -0.4 is 39.6 Å². The summed E-state index contributed by atoms with van der Waals surface area (Å²) in [6.45, 7) is 3.03. The van der Waals surface area contributed by atoms with Crippen molar-refractivity contribution in [3.63, 3.8) is 0 Å². The van der Waals surface area contributed by atoms with Crippen LogP contribution in [0.25, 0.3) is 0 Å². The minimum Gasteiger partial charge on any atom is -1.00 e. The smallest absolute Gasteiger partial charge is 0.412 e. The third-order valence-corrected chi connectivity index (χ3v) is 6.06. The van der Waals surface area contributed by atoms with Crippen LogP contribution in [0.5, 0.6) is 0 Å². The Bertz CT molecular complexity index is 1270. The number of rotatable bonds is 7. The number of hydrogen-bond acceptors (Lipinski definition) is 8. The lowest BCUT2D eigenvalue weighted by atomic mass is 10.0. The number of ether oxygens (including phenoxy) is 2. The summed E-state index contributed by atoms with van der Waals surface area (Å²) in [4.78, 5) is 65.1. The first kappa shape index (κ1) is 28.8. The molecule has 0 saturated carbocycles. The third-order valence-electron chi connectivity index (χ3n) is 6.06. The van der Waals surface area contributed by atoms with E-state index in [4.69, 9.17) is 15.2 Å². The van der Waals surface area contributed by atoms with E-state index in [-0.39, 0.29) is 67.6 Å². The number of nitrogens with zero attached hydrogens (tertiary/aromatic N) is 3. The zero-order chi connectivity index (χ0) is 26.7. The van der Waals surface area contributed by atoms with Crippen molar-refractivity contribution in [1.82, 2.24) is 15.1 Å². The summed E-state index contributed by atoms with van der Waals surface area (Å²) in [5.41, 5.74) is 7.67. The number of aromatic nitrogens is 1. The highest BCUT2D eigenvalue weighted by Crippen LogP contribution is 2.32. The molecule has 0 aliphatic carbocycles. The Balaban J connectivity index is 0.00000400. The van der Waals surface area contributed by atoms with Gasteiger partial charge in [0.25, 0.3) is 18.5 Å². The summed E-state index contributed by atoms with van der Waals surface area (Å²) in [6, 6.07) is 7.11. The maximum Gasteiger partial charge on any atom is 0.412 e. The largest absolute Gasteiger partial charge is 1.00 e. The van der Waals surface area contributed by atoms with Crippen LogP contribution in [0, 0.1) is 0 Å². The number of nitrogens with two attached hydrogens (primary N) is 1. The highest BCUT2D eigenvalue weighted by atomic mass is 127. The number of benzene rings is 1. The first-order chi connectivity index (χ1) is 17.7. The molecule has 0 bridgehead atoms. The third kappa shape index (κ3) is 6.20. The number of amides is 4. The van der Waals surface area contributed by atoms with E-state index in [1.54, 1.807) is 44.3 Å². The molecular formula is C25H28IN5O7. The van der Waals surface area contributed by atoms with Crippen molar-refractivity contribution in [3.05, 3.63) is 59.4 Å². The van der Waals surface area contributed by atoms with Gasteiger partial charge in [0, 0.05) is 41.9 Å². The van der Waals surface area contributed by atoms with Crippen molar-refractivity contribution >= 4 is 35.5 Å². The van der Waals surface area contributed by atoms with E-state index in [2.05, 4.69) is 5.32 Å². The van der Waals surface area contributed by atoms with Gasteiger partial charge in [-0.25, -0.2) is 14.5 Å². The van der Waals surface area contributed by atoms with Crippen molar-refractivity contribution < 1.29 is 62.0 Å². The van der Waals surface area contributed by atoms with E-state index in [0.717, 1.165) is 4.90 Å². The molecule has 1 aromatic carbocycles. The van der Waals surface area contributed by atoms with E-state index in [1.165, 1.54) is 21.7 Å². The molecule has 12 nitrogen and oxygen atoms in total. The number of carbonyl (C=O) groups excluding carboxylic acids is 5. The van der Waals surface area contributed by atoms with Crippen LogP contribution in [-0.2, 0) is 32.3 Å². The number of nitrogens with one attached hydrogen (secondary N) is 1. The number of halogens is 1. The molecule has 1 fully saturated rings. The number of nitrogen functional groups attached to an aromatic ring is 1. The summed E-state index contributed by atoms with van der Waals surface area (Å²) in [6.07, 6.45) is 2.60. The first-order valence-corrected chi connectivity index (χ1v) is 11.8. The fourth-order valence-electron chi connectivity index (χ4n) is 4.22. The molecule has 3 N–H and O–H groups in total. The number of imide groups is 1. The monoisotopic (exact) mass is 637 g/mol. The predicted octanol–water partition coefficient (Wildman–Crippen LogP) is -2.06. The lowest BCUT2D eigenvalue weighted by Crippen LogP contribution is -3.00. The van der Waals surface area contributed by atoms with Crippen molar-refractivity contribution in [2.75, 3.05) is 12.5 Å².